The molecule has 0 saturated heterocycles. The maximum Gasteiger partial charge on any atom is 0.227 e. The third-order valence-corrected chi connectivity index (χ3v) is 5.03. The molecule has 152 valence electrons. The summed E-state index contributed by atoms with van der Waals surface area (Å²) in [5.74, 6) is -1.08. The molecule has 1 aliphatic rings. The van der Waals surface area contributed by atoms with Crippen LogP contribution >= 0.6 is 0 Å². The van der Waals surface area contributed by atoms with Crippen molar-refractivity contribution < 1.29 is 18.8 Å². The topological polar surface area (TPSA) is 87.3 Å². The third kappa shape index (κ3) is 5.88. The molecule has 0 heterocycles. The predicted molar refractivity (Wildman–Crippen MR) is 110 cm³/mol. The molecule has 0 aromatic heterocycles. The third-order valence-electron chi connectivity index (χ3n) is 5.03. The standard InChI is InChI=1S/C22H24FN3O3/c1-14(27)24-18-9-11-19(12-10-18)25-21(28)15-5-7-16(8-6-15)22(29)26-20-4-2-3-17(23)13-20/h2-4,9-13,15-16H,5-8H2,1H3,(H,24,27)(H,25,28)(H,26,29). The molecule has 0 aliphatic heterocycles. The fraction of sp³-hybridized carbons (Fsp3) is 0.318. The average molecular weight is 397 g/mol. The molecule has 0 unspecified atom stereocenters. The van der Waals surface area contributed by atoms with E-state index in [1.807, 2.05) is 0 Å². The van der Waals surface area contributed by atoms with Crippen LogP contribution in [0, 0.1) is 17.7 Å². The highest BCUT2D eigenvalue weighted by molar-refractivity contribution is 5.95. The monoisotopic (exact) mass is 397 g/mol. The molecule has 1 fully saturated rings. The highest BCUT2D eigenvalue weighted by atomic mass is 19.1. The Morgan fingerprint density at radius 3 is 1.72 bits per heavy atom. The van der Waals surface area contributed by atoms with E-state index in [2.05, 4.69) is 16.0 Å². The van der Waals surface area contributed by atoms with E-state index in [0.717, 1.165) is 0 Å². The summed E-state index contributed by atoms with van der Waals surface area (Å²) in [4.78, 5) is 36.0. The first-order valence-corrected chi connectivity index (χ1v) is 9.65. The number of anilines is 3. The van der Waals surface area contributed by atoms with Gasteiger partial charge in [-0.25, -0.2) is 4.39 Å². The van der Waals surface area contributed by atoms with E-state index >= 15 is 0 Å². The van der Waals surface area contributed by atoms with Crippen LogP contribution in [0.5, 0.6) is 0 Å². The second-order valence-electron chi connectivity index (χ2n) is 7.30. The molecule has 3 amide bonds. The molecular formula is C22H24FN3O3. The van der Waals surface area contributed by atoms with Crippen molar-refractivity contribution >= 4 is 34.8 Å². The van der Waals surface area contributed by atoms with Crippen LogP contribution < -0.4 is 16.0 Å². The maximum absolute atomic E-state index is 13.2. The van der Waals surface area contributed by atoms with Crippen molar-refractivity contribution in [3.05, 3.63) is 54.3 Å². The van der Waals surface area contributed by atoms with Gasteiger partial charge in [0.15, 0.2) is 0 Å². The number of benzene rings is 2. The van der Waals surface area contributed by atoms with Crippen LogP contribution in [0.3, 0.4) is 0 Å². The second kappa shape index (κ2) is 9.32. The van der Waals surface area contributed by atoms with E-state index in [4.69, 9.17) is 0 Å². The Morgan fingerprint density at radius 1 is 0.759 bits per heavy atom. The molecule has 7 heteroatoms. The molecule has 1 aliphatic carbocycles. The highest BCUT2D eigenvalue weighted by Gasteiger charge is 2.30. The Labute approximate surface area is 168 Å². The first-order chi connectivity index (χ1) is 13.9. The Bertz CT molecular complexity index is 890. The van der Waals surface area contributed by atoms with Crippen molar-refractivity contribution in [2.24, 2.45) is 11.8 Å². The van der Waals surface area contributed by atoms with Crippen LogP contribution in [0.4, 0.5) is 21.5 Å². The van der Waals surface area contributed by atoms with Crippen molar-refractivity contribution in [1.82, 2.24) is 0 Å². The van der Waals surface area contributed by atoms with Gasteiger partial charge >= 0.3 is 0 Å². The minimum Gasteiger partial charge on any atom is -0.326 e. The lowest BCUT2D eigenvalue weighted by atomic mass is 9.81. The first-order valence-electron chi connectivity index (χ1n) is 9.65. The van der Waals surface area contributed by atoms with Crippen LogP contribution in [-0.2, 0) is 14.4 Å². The number of hydrogen-bond acceptors (Lipinski definition) is 3. The SMILES string of the molecule is CC(=O)Nc1ccc(NC(=O)C2CCC(C(=O)Nc3cccc(F)c3)CC2)cc1. The molecule has 3 rings (SSSR count). The van der Waals surface area contributed by atoms with Gasteiger partial charge in [-0.15, -0.1) is 0 Å². The zero-order valence-electron chi connectivity index (χ0n) is 16.2. The molecule has 2 aromatic carbocycles. The number of rotatable bonds is 5. The van der Waals surface area contributed by atoms with E-state index in [1.165, 1.54) is 19.1 Å². The lowest BCUT2D eigenvalue weighted by Gasteiger charge is -2.27. The molecule has 0 radical (unpaired) electrons. The quantitative estimate of drug-likeness (QED) is 0.708. The summed E-state index contributed by atoms with van der Waals surface area (Å²) < 4.78 is 13.2. The molecule has 0 atom stereocenters. The average Bonchev–Trinajstić information content (AvgIpc) is 2.69. The van der Waals surface area contributed by atoms with Crippen LogP contribution in [0.2, 0.25) is 0 Å². The molecule has 3 N–H and O–H groups in total. The van der Waals surface area contributed by atoms with Gasteiger partial charge in [0.1, 0.15) is 5.82 Å². The smallest absolute Gasteiger partial charge is 0.227 e. The summed E-state index contributed by atoms with van der Waals surface area (Å²) in [7, 11) is 0. The number of carbonyl (C=O) groups is 3. The second-order valence-corrected chi connectivity index (χ2v) is 7.30. The number of halogens is 1. The van der Waals surface area contributed by atoms with Gasteiger partial charge in [-0.05, 0) is 68.1 Å². The van der Waals surface area contributed by atoms with Crippen LogP contribution in [0.15, 0.2) is 48.5 Å². The van der Waals surface area contributed by atoms with Crippen molar-refractivity contribution in [1.29, 1.82) is 0 Å². The minimum atomic E-state index is -0.395. The number of nitrogens with one attached hydrogen (secondary N) is 3. The summed E-state index contributed by atoms with van der Waals surface area (Å²) in [6.45, 7) is 1.43. The molecule has 6 nitrogen and oxygen atoms in total. The van der Waals surface area contributed by atoms with Gasteiger partial charge < -0.3 is 16.0 Å². The molecular weight excluding hydrogens is 373 g/mol. The van der Waals surface area contributed by atoms with Gasteiger partial charge in [0, 0.05) is 35.8 Å². The Hall–Kier alpha value is -3.22. The van der Waals surface area contributed by atoms with E-state index < -0.39 is 5.82 Å². The fourth-order valence-corrected chi connectivity index (χ4v) is 3.51. The van der Waals surface area contributed by atoms with Crippen LogP contribution in [0.1, 0.15) is 32.6 Å². The largest absolute Gasteiger partial charge is 0.326 e. The highest BCUT2D eigenvalue weighted by Crippen LogP contribution is 2.30. The molecule has 0 spiro atoms. The lowest BCUT2D eigenvalue weighted by Crippen LogP contribution is -2.32. The van der Waals surface area contributed by atoms with Gasteiger partial charge in [-0.2, -0.15) is 0 Å². The Balaban J connectivity index is 1.47. The molecule has 2 aromatic rings. The van der Waals surface area contributed by atoms with Gasteiger partial charge in [0.05, 0.1) is 0 Å². The van der Waals surface area contributed by atoms with Gasteiger partial charge in [0.2, 0.25) is 17.7 Å². The summed E-state index contributed by atoms with van der Waals surface area (Å²) in [6, 6.07) is 12.7. The summed E-state index contributed by atoms with van der Waals surface area (Å²) in [5.41, 5.74) is 1.77. The zero-order chi connectivity index (χ0) is 20.8. The van der Waals surface area contributed by atoms with E-state index in [0.29, 0.717) is 42.7 Å². The van der Waals surface area contributed by atoms with Crippen molar-refractivity contribution in [2.75, 3.05) is 16.0 Å². The maximum atomic E-state index is 13.2. The normalized spacial score (nSPS) is 18.6. The van der Waals surface area contributed by atoms with Crippen molar-refractivity contribution in [2.45, 2.75) is 32.6 Å². The summed E-state index contributed by atoms with van der Waals surface area (Å²) >= 11 is 0. The van der Waals surface area contributed by atoms with E-state index in [-0.39, 0.29) is 29.6 Å². The van der Waals surface area contributed by atoms with Gasteiger partial charge in [0.25, 0.3) is 0 Å². The zero-order valence-corrected chi connectivity index (χ0v) is 16.2. The number of hydrogen-bond donors (Lipinski definition) is 3. The van der Waals surface area contributed by atoms with E-state index in [1.54, 1.807) is 36.4 Å². The minimum absolute atomic E-state index is 0.0683. The van der Waals surface area contributed by atoms with E-state index in [9.17, 15) is 18.8 Å². The van der Waals surface area contributed by atoms with Crippen molar-refractivity contribution in [3.63, 3.8) is 0 Å². The molecule has 1 saturated carbocycles. The Morgan fingerprint density at radius 2 is 1.24 bits per heavy atom. The fourth-order valence-electron chi connectivity index (χ4n) is 3.51. The van der Waals surface area contributed by atoms with Crippen LogP contribution in [-0.4, -0.2) is 17.7 Å². The number of amides is 3. The van der Waals surface area contributed by atoms with Gasteiger partial charge in [-0.3, -0.25) is 14.4 Å². The lowest BCUT2D eigenvalue weighted by molar-refractivity contribution is -0.125. The summed E-state index contributed by atoms with van der Waals surface area (Å²) in [5, 5.41) is 8.31. The predicted octanol–water partition coefficient (Wildman–Crippen LogP) is 4.17. The molecule has 0 bridgehead atoms. The van der Waals surface area contributed by atoms with Crippen molar-refractivity contribution in [3.8, 4) is 0 Å². The van der Waals surface area contributed by atoms with Gasteiger partial charge in [-0.1, -0.05) is 6.07 Å². The summed E-state index contributed by atoms with van der Waals surface area (Å²) in [6.07, 6.45) is 2.47. The first kappa shape index (κ1) is 20.5. The Kier molecular flexibility index (Phi) is 6.59. The number of carbonyl (C=O) groups excluding carboxylic acids is 3. The van der Waals surface area contributed by atoms with Crippen LogP contribution in [0.25, 0.3) is 0 Å². The molecule has 29 heavy (non-hydrogen) atoms.